The summed E-state index contributed by atoms with van der Waals surface area (Å²) in [5, 5.41) is 2.82. The van der Waals surface area contributed by atoms with Gasteiger partial charge in [0, 0.05) is 51.7 Å². The van der Waals surface area contributed by atoms with Gasteiger partial charge in [0.05, 0.1) is 12.0 Å². The molecule has 29 heavy (non-hydrogen) atoms. The lowest BCUT2D eigenvalue weighted by molar-refractivity contribution is 0.0946. The topological polar surface area (TPSA) is 107 Å². The van der Waals surface area contributed by atoms with Crippen LogP contribution >= 0.6 is 0 Å². The molecule has 9 heteroatoms. The van der Waals surface area contributed by atoms with E-state index < -0.39 is 5.56 Å². The van der Waals surface area contributed by atoms with E-state index in [1.807, 2.05) is 0 Å². The molecule has 0 unspecified atom stereocenters. The normalized spacial score (nSPS) is 14.7. The number of carbonyl (C=O) groups is 1. The average Bonchev–Trinajstić information content (AvgIpc) is 3.30. The Morgan fingerprint density at radius 2 is 1.90 bits per heavy atom. The Kier molecular flexibility index (Phi) is 5.66. The minimum Gasteiger partial charge on any atom is -0.463 e. The van der Waals surface area contributed by atoms with Crippen LogP contribution in [0, 0.1) is 0 Å². The summed E-state index contributed by atoms with van der Waals surface area (Å²) in [6.45, 7) is 4.61. The number of carbonyl (C=O) groups excluding carboxylic acids is 1. The molecule has 3 aromatic heterocycles. The smallest absolute Gasteiger partial charge is 0.261 e. The number of furan rings is 1. The van der Waals surface area contributed by atoms with E-state index in [0.29, 0.717) is 18.0 Å². The number of amides is 1. The molecular weight excluding hydrogens is 372 g/mol. The third-order valence-electron chi connectivity index (χ3n) is 4.86. The molecule has 1 fully saturated rings. The van der Waals surface area contributed by atoms with Crippen molar-refractivity contribution >= 4 is 11.9 Å². The molecule has 4 rings (SSSR count). The van der Waals surface area contributed by atoms with Crippen molar-refractivity contribution in [1.82, 2.24) is 25.2 Å². The van der Waals surface area contributed by atoms with Gasteiger partial charge in [0.2, 0.25) is 5.95 Å². The molecule has 3 aromatic rings. The van der Waals surface area contributed by atoms with Gasteiger partial charge in [-0.15, -0.1) is 0 Å². The third-order valence-corrected chi connectivity index (χ3v) is 4.86. The number of anilines is 1. The Morgan fingerprint density at radius 3 is 2.59 bits per heavy atom. The molecule has 1 aliphatic rings. The predicted molar refractivity (Wildman–Crippen MR) is 108 cm³/mol. The van der Waals surface area contributed by atoms with Crippen LogP contribution in [0.5, 0.6) is 0 Å². The van der Waals surface area contributed by atoms with Crippen LogP contribution in [0.2, 0.25) is 0 Å². The SMILES string of the molecule is O=C(NCCN1CCN(c2ncccn2)CC1)c1ccc(-c2ccco2)[nH]c1=O. The van der Waals surface area contributed by atoms with Crippen molar-refractivity contribution in [3.8, 4) is 11.5 Å². The number of piperazine rings is 1. The summed E-state index contributed by atoms with van der Waals surface area (Å²) in [5.41, 5.74) is 0.191. The van der Waals surface area contributed by atoms with E-state index in [9.17, 15) is 9.59 Å². The lowest BCUT2D eigenvalue weighted by atomic mass is 10.2. The first-order chi connectivity index (χ1) is 14.2. The van der Waals surface area contributed by atoms with E-state index in [2.05, 4.69) is 30.1 Å². The molecule has 0 radical (unpaired) electrons. The predicted octanol–water partition coefficient (Wildman–Crippen LogP) is 0.977. The molecule has 9 nitrogen and oxygen atoms in total. The van der Waals surface area contributed by atoms with E-state index in [0.717, 1.165) is 38.7 Å². The zero-order valence-electron chi connectivity index (χ0n) is 15.9. The Hall–Kier alpha value is -3.46. The second kappa shape index (κ2) is 8.70. The molecule has 0 aromatic carbocycles. The average molecular weight is 394 g/mol. The highest BCUT2D eigenvalue weighted by Gasteiger charge is 2.19. The maximum Gasteiger partial charge on any atom is 0.261 e. The first-order valence-electron chi connectivity index (χ1n) is 9.50. The lowest BCUT2D eigenvalue weighted by Gasteiger charge is -2.34. The highest BCUT2D eigenvalue weighted by Crippen LogP contribution is 2.15. The summed E-state index contributed by atoms with van der Waals surface area (Å²) in [7, 11) is 0. The maximum absolute atomic E-state index is 12.3. The summed E-state index contributed by atoms with van der Waals surface area (Å²) in [6.07, 6.45) is 5.02. The van der Waals surface area contributed by atoms with Gasteiger partial charge in [-0.25, -0.2) is 9.97 Å². The van der Waals surface area contributed by atoms with Gasteiger partial charge >= 0.3 is 0 Å². The van der Waals surface area contributed by atoms with Gasteiger partial charge in [0.15, 0.2) is 0 Å². The molecule has 0 spiro atoms. The Bertz CT molecular complexity index is 995. The number of hydrogen-bond acceptors (Lipinski definition) is 7. The minimum absolute atomic E-state index is 0.0892. The van der Waals surface area contributed by atoms with Crippen LogP contribution in [-0.2, 0) is 0 Å². The molecule has 2 N–H and O–H groups in total. The summed E-state index contributed by atoms with van der Waals surface area (Å²) in [6, 6.07) is 8.47. The lowest BCUT2D eigenvalue weighted by Crippen LogP contribution is -2.49. The van der Waals surface area contributed by atoms with Crippen LogP contribution in [0.15, 0.2) is 58.2 Å². The van der Waals surface area contributed by atoms with Crippen LogP contribution in [0.3, 0.4) is 0 Å². The van der Waals surface area contributed by atoms with Crippen molar-refractivity contribution in [2.45, 2.75) is 0 Å². The first kappa shape index (κ1) is 18.9. The Labute approximate surface area is 167 Å². The molecule has 150 valence electrons. The molecule has 1 saturated heterocycles. The molecule has 0 atom stereocenters. The molecular formula is C20H22N6O3. The fourth-order valence-corrected chi connectivity index (χ4v) is 3.28. The molecule has 1 aliphatic heterocycles. The van der Waals surface area contributed by atoms with Crippen molar-refractivity contribution in [2.24, 2.45) is 0 Å². The number of aromatic amines is 1. The standard InChI is InChI=1S/C20H22N6O3/c27-18(15-4-5-16(24-19(15)28)17-3-1-14-29-17)21-8-9-25-10-12-26(13-11-25)20-22-6-2-7-23-20/h1-7,14H,8-13H2,(H,21,27)(H,24,28). The molecule has 0 saturated carbocycles. The van der Waals surface area contributed by atoms with E-state index >= 15 is 0 Å². The third kappa shape index (κ3) is 4.52. The number of nitrogens with zero attached hydrogens (tertiary/aromatic N) is 4. The number of rotatable bonds is 6. The van der Waals surface area contributed by atoms with Crippen molar-refractivity contribution in [1.29, 1.82) is 0 Å². The minimum atomic E-state index is -0.437. The molecule has 4 heterocycles. The fraction of sp³-hybridized carbons (Fsp3) is 0.300. The second-order valence-electron chi connectivity index (χ2n) is 6.73. The van der Waals surface area contributed by atoms with Crippen LogP contribution < -0.4 is 15.8 Å². The van der Waals surface area contributed by atoms with E-state index in [1.54, 1.807) is 36.7 Å². The first-order valence-corrected chi connectivity index (χ1v) is 9.50. The Morgan fingerprint density at radius 1 is 1.10 bits per heavy atom. The number of pyridine rings is 1. The zero-order valence-corrected chi connectivity index (χ0v) is 15.9. The maximum atomic E-state index is 12.3. The fourth-order valence-electron chi connectivity index (χ4n) is 3.28. The quantitative estimate of drug-likeness (QED) is 0.642. The molecule has 1 amide bonds. The van der Waals surface area contributed by atoms with Gasteiger partial charge in [-0.2, -0.15) is 0 Å². The molecule has 0 bridgehead atoms. The van der Waals surface area contributed by atoms with Crippen molar-refractivity contribution in [2.75, 3.05) is 44.2 Å². The van der Waals surface area contributed by atoms with Gasteiger partial charge in [-0.05, 0) is 30.3 Å². The second-order valence-corrected chi connectivity index (χ2v) is 6.73. The number of hydrogen-bond donors (Lipinski definition) is 2. The van der Waals surface area contributed by atoms with Gasteiger partial charge in [-0.1, -0.05) is 0 Å². The van der Waals surface area contributed by atoms with Gasteiger partial charge < -0.3 is 19.6 Å². The number of aromatic nitrogens is 3. The van der Waals surface area contributed by atoms with E-state index in [-0.39, 0.29) is 11.5 Å². The Balaban J connectivity index is 1.25. The summed E-state index contributed by atoms with van der Waals surface area (Å²) >= 11 is 0. The van der Waals surface area contributed by atoms with Gasteiger partial charge in [0.1, 0.15) is 11.3 Å². The van der Waals surface area contributed by atoms with Crippen molar-refractivity contribution in [3.05, 3.63) is 64.9 Å². The van der Waals surface area contributed by atoms with E-state index in [1.165, 1.54) is 12.3 Å². The monoisotopic (exact) mass is 394 g/mol. The van der Waals surface area contributed by atoms with E-state index in [4.69, 9.17) is 4.42 Å². The molecule has 0 aliphatic carbocycles. The summed E-state index contributed by atoms with van der Waals surface area (Å²) in [4.78, 5) is 40.2. The summed E-state index contributed by atoms with van der Waals surface area (Å²) < 4.78 is 5.26. The van der Waals surface area contributed by atoms with Crippen LogP contribution in [0.25, 0.3) is 11.5 Å². The van der Waals surface area contributed by atoms with Gasteiger partial charge in [0.25, 0.3) is 11.5 Å². The van der Waals surface area contributed by atoms with Crippen LogP contribution in [-0.4, -0.2) is 65.0 Å². The zero-order chi connectivity index (χ0) is 20.1. The van der Waals surface area contributed by atoms with Crippen LogP contribution in [0.4, 0.5) is 5.95 Å². The van der Waals surface area contributed by atoms with Crippen molar-refractivity contribution in [3.63, 3.8) is 0 Å². The van der Waals surface area contributed by atoms with Gasteiger partial charge in [-0.3, -0.25) is 14.5 Å². The van der Waals surface area contributed by atoms with Crippen molar-refractivity contribution < 1.29 is 9.21 Å². The highest BCUT2D eigenvalue weighted by atomic mass is 16.3. The highest BCUT2D eigenvalue weighted by molar-refractivity contribution is 5.94. The van der Waals surface area contributed by atoms with Crippen LogP contribution in [0.1, 0.15) is 10.4 Å². The largest absolute Gasteiger partial charge is 0.463 e. The summed E-state index contributed by atoms with van der Waals surface area (Å²) in [5.74, 6) is 0.917. The number of nitrogens with one attached hydrogen (secondary N) is 2. The number of H-pyrrole nitrogens is 1.